The molecule has 7 rings (SSSR count). The summed E-state index contributed by atoms with van der Waals surface area (Å²) in [4.78, 5) is 0. The van der Waals surface area contributed by atoms with Crippen molar-refractivity contribution in [1.29, 1.82) is 0 Å². The van der Waals surface area contributed by atoms with Gasteiger partial charge in [-0.2, -0.15) is 0 Å². The van der Waals surface area contributed by atoms with Gasteiger partial charge in [-0.3, -0.25) is 0 Å². The summed E-state index contributed by atoms with van der Waals surface area (Å²) in [6.07, 6.45) is 28.1. The first-order valence-corrected chi connectivity index (χ1v) is 46.6. The van der Waals surface area contributed by atoms with Gasteiger partial charge in [-0.1, -0.05) is 311 Å². The summed E-state index contributed by atoms with van der Waals surface area (Å²) in [5.74, 6) is 56.9. The molecule has 6 atom stereocenters. The molecule has 0 unspecified atom stereocenters. The van der Waals surface area contributed by atoms with E-state index in [1.807, 2.05) is 146 Å². The molecule has 7 aromatic carbocycles. The van der Waals surface area contributed by atoms with E-state index in [9.17, 15) is 0 Å². The second kappa shape index (κ2) is 55.6. The van der Waals surface area contributed by atoms with Gasteiger partial charge in [0.05, 0.1) is 73.0 Å². The Morgan fingerprint density at radius 2 is 0.283 bits per heavy atom. The molecule has 6 heteroatoms. The van der Waals surface area contributed by atoms with E-state index >= 15 is 0 Å². The lowest BCUT2D eigenvalue weighted by atomic mass is 9.86. The standard InChI is InChI=1S/C114H150O6/c1-85(2)25-19-31-91(13)73-79-115-103-55-37-97(38-56-103)49-67-109-110(68-50-98-39-57-104(58-40-98)116-80-74-92(14)32-20-26-86(3)4)112(70-52-100-43-61-106(62-44-100)118-82-76-94(16)34-22-28-88(7)8)114(72-54-102-47-65-108(66-48-102)120-84-78-96(18)36-24-30-90(11)12)113(71-53-101-45-63-107(64-46-101)119-83-77-95(17)35-23-29-89(9)10)111(109)69-51-99-41-59-105(60-42-99)117-81-75-93(15)33-21-27-87(5)6/h37-48,55-66,85-96H,19-36,73-84H2,1-18H3/t91-,92-,93-,94-,95-,96-/m0/s1. The highest BCUT2D eigenvalue weighted by atomic mass is 16.5. The van der Waals surface area contributed by atoms with Crippen LogP contribution in [0.4, 0.5) is 0 Å². The molecule has 642 valence electrons. The fourth-order valence-electron chi connectivity index (χ4n) is 14.5. The molecular weight excluding hydrogens is 1470 g/mol. The van der Waals surface area contributed by atoms with Crippen LogP contribution in [0.2, 0.25) is 0 Å². The molecule has 0 saturated carbocycles. The van der Waals surface area contributed by atoms with E-state index in [4.69, 9.17) is 28.4 Å². The van der Waals surface area contributed by atoms with Gasteiger partial charge in [0.15, 0.2) is 0 Å². The minimum absolute atomic E-state index is 0.575. The molecule has 6 nitrogen and oxygen atoms in total. The number of hydrogen-bond donors (Lipinski definition) is 0. The zero-order valence-electron chi connectivity index (χ0n) is 77.4. The average Bonchev–Trinajstić information content (AvgIpc) is 0.760. The van der Waals surface area contributed by atoms with Gasteiger partial charge < -0.3 is 28.4 Å². The fourth-order valence-corrected chi connectivity index (χ4v) is 14.5. The second-order valence-electron chi connectivity index (χ2n) is 37.3. The molecule has 0 aliphatic rings. The molecule has 0 bridgehead atoms. The highest BCUT2D eigenvalue weighted by molar-refractivity contribution is 5.79. The van der Waals surface area contributed by atoms with E-state index in [1.165, 1.54) is 116 Å². The summed E-state index contributed by atoms with van der Waals surface area (Å²) >= 11 is 0. The molecule has 7 aromatic rings. The van der Waals surface area contributed by atoms with Crippen LogP contribution >= 0.6 is 0 Å². The van der Waals surface area contributed by atoms with Crippen molar-refractivity contribution >= 4 is 0 Å². The van der Waals surface area contributed by atoms with Gasteiger partial charge in [-0.25, -0.2) is 0 Å². The number of benzene rings is 7. The Kier molecular flexibility index (Phi) is 45.3. The first-order valence-electron chi connectivity index (χ1n) is 46.6. The fraction of sp³-hybridized carbons (Fsp3) is 0.526. The quantitative estimate of drug-likeness (QED) is 0.0354. The SMILES string of the molecule is CC(C)CCC[C@H](C)CCOc1ccc(C#Cc2c(C#Cc3ccc(OCC[C@@H](C)CCCC(C)C)cc3)c(C#Cc3ccc(OCC[C@@H](C)CCCC(C)C)cc3)c(C#Cc3ccc(OCC[C@@H](C)CCCC(C)C)cc3)c(C#Cc3ccc(OCC[C@@H](C)CCCC(C)C)cc3)c2C#Cc2ccc(OCC[C@@H](C)CCCC(C)C)cc2)cc1. The van der Waals surface area contributed by atoms with Crippen LogP contribution in [0, 0.1) is 142 Å². The van der Waals surface area contributed by atoms with Gasteiger partial charge in [-0.05, 0) is 255 Å². The third kappa shape index (κ3) is 40.4. The van der Waals surface area contributed by atoms with Crippen LogP contribution < -0.4 is 28.4 Å². The predicted molar refractivity (Wildman–Crippen MR) is 509 cm³/mol. The molecule has 0 aromatic heterocycles. The molecule has 0 heterocycles. The summed E-state index contributed by atoms with van der Waals surface area (Å²) in [7, 11) is 0. The monoisotopic (exact) mass is 1620 g/mol. The minimum Gasteiger partial charge on any atom is -0.494 e. The van der Waals surface area contributed by atoms with E-state index < -0.39 is 0 Å². The third-order valence-electron chi connectivity index (χ3n) is 22.8. The molecule has 0 amide bonds. The van der Waals surface area contributed by atoms with Crippen LogP contribution in [-0.4, -0.2) is 39.6 Å². The van der Waals surface area contributed by atoms with Crippen molar-refractivity contribution in [2.75, 3.05) is 39.6 Å². The maximum atomic E-state index is 6.43. The third-order valence-corrected chi connectivity index (χ3v) is 22.8. The van der Waals surface area contributed by atoms with E-state index in [1.54, 1.807) is 0 Å². The summed E-state index contributed by atoms with van der Waals surface area (Å²) < 4.78 is 38.6. The van der Waals surface area contributed by atoms with Crippen molar-refractivity contribution < 1.29 is 28.4 Å². The normalized spacial score (nSPS) is 12.6. The summed E-state index contributed by atoms with van der Waals surface area (Å²) in [5, 5.41) is 0. The maximum Gasteiger partial charge on any atom is 0.119 e. The van der Waals surface area contributed by atoms with Crippen molar-refractivity contribution in [1.82, 2.24) is 0 Å². The topological polar surface area (TPSA) is 55.4 Å². The molecule has 0 aliphatic heterocycles. The minimum atomic E-state index is 0.575. The number of ether oxygens (including phenoxy) is 6. The molecule has 0 saturated heterocycles. The molecular formula is C114H150O6. The smallest absolute Gasteiger partial charge is 0.119 e. The lowest BCUT2D eigenvalue weighted by Gasteiger charge is -2.14. The zero-order chi connectivity index (χ0) is 86.2. The molecule has 0 N–H and O–H groups in total. The van der Waals surface area contributed by atoms with Gasteiger partial charge in [0.1, 0.15) is 34.5 Å². The van der Waals surface area contributed by atoms with Gasteiger partial charge in [0, 0.05) is 33.4 Å². The predicted octanol–water partition coefficient (Wildman–Crippen LogP) is 29.5. The summed E-state index contributed by atoms with van der Waals surface area (Å²) in [6.45, 7) is 45.5. The first-order chi connectivity index (χ1) is 57.9. The van der Waals surface area contributed by atoms with Crippen LogP contribution in [0.5, 0.6) is 34.5 Å². The van der Waals surface area contributed by atoms with Crippen molar-refractivity contribution in [3.8, 4) is 106 Å². The number of rotatable bonds is 48. The maximum absolute atomic E-state index is 6.43. The van der Waals surface area contributed by atoms with Crippen LogP contribution in [-0.2, 0) is 0 Å². The number of hydrogen-bond acceptors (Lipinski definition) is 6. The molecule has 0 radical (unpaired) electrons. The Labute approximate surface area is 731 Å². The largest absolute Gasteiger partial charge is 0.494 e. The molecule has 120 heavy (non-hydrogen) atoms. The highest BCUT2D eigenvalue weighted by Crippen LogP contribution is 2.31. The molecule has 0 fully saturated rings. The average molecular weight is 1620 g/mol. The van der Waals surface area contributed by atoms with E-state index in [-0.39, 0.29) is 0 Å². The zero-order valence-corrected chi connectivity index (χ0v) is 77.4. The van der Waals surface area contributed by atoms with Crippen LogP contribution in [0.25, 0.3) is 0 Å². The molecule has 0 aliphatic carbocycles. The Balaban J connectivity index is 1.47. The first kappa shape index (κ1) is 97.8. The Hall–Kier alpha value is -9.30. The van der Waals surface area contributed by atoms with Gasteiger partial charge in [-0.15, -0.1) is 0 Å². The van der Waals surface area contributed by atoms with Gasteiger partial charge in [0.2, 0.25) is 0 Å². The van der Waals surface area contributed by atoms with Crippen LogP contribution in [0.15, 0.2) is 146 Å². The lowest BCUT2D eigenvalue weighted by molar-refractivity contribution is 0.275. The van der Waals surface area contributed by atoms with Crippen molar-refractivity contribution in [2.45, 2.75) is 279 Å². The highest BCUT2D eigenvalue weighted by Gasteiger charge is 2.22. The molecule has 0 spiro atoms. The van der Waals surface area contributed by atoms with Crippen molar-refractivity contribution in [3.05, 3.63) is 212 Å². The van der Waals surface area contributed by atoms with E-state index in [0.29, 0.717) is 144 Å². The van der Waals surface area contributed by atoms with Crippen molar-refractivity contribution in [3.63, 3.8) is 0 Å². The Morgan fingerprint density at radius 3 is 0.400 bits per heavy atom. The summed E-state index contributed by atoms with van der Waals surface area (Å²) in [5.41, 5.74) is 8.21. The summed E-state index contributed by atoms with van der Waals surface area (Å²) in [6, 6.07) is 48.8. The van der Waals surface area contributed by atoms with Gasteiger partial charge in [0.25, 0.3) is 0 Å². The van der Waals surface area contributed by atoms with Crippen LogP contribution in [0.3, 0.4) is 0 Å². The second-order valence-corrected chi connectivity index (χ2v) is 37.3. The van der Waals surface area contributed by atoms with E-state index in [0.717, 1.165) is 106 Å². The lowest BCUT2D eigenvalue weighted by Crippen LogP contribution is -2.05. The Morgan fingerprint density at radius 1 is 0.158 bits per heavy atom. The van der Waals surface area contributed by atoms with E-state index in [2.05, 4.69) is 196 Å². The Bertz CT molecular complexity index is 3690. The van der Waals surface area contributed by atoms with Gasteiger partial charge >= 0.3 is 0 Å². The van der Waals surface area contributed by atoms with Crippen LogP contribution in [0.1, 0.15) is 345 Å². The van der Waals surface area contributed by atoms with Crippen molar-refractivity contribution in [2.24, 2.45) is 71.0 Å².